The molecule has 1 aliphatic carbocycles. The van der Waals surface area contributed by atoms with Crippen LogP contribution in [0.2, 0.25) is 0 Å². The Morgan fingerprint density at radius 1 is 1.21 bits per heavy atom. The predicted octanol–water partition coefficient (Wildman–Crippen LogP) is 4.99. The van der Waals surface area contributed by atoms with Crippen LogP contribution in [0.3, 0.4) is 0 Å². The number of aromatic nitrogens is 1. The number of amides is 2. The normalized spacial score (nSPS) is 29.1. The lowest BCUT2D eigenvalue weighted by Crippen LogP contribution is -2.49. The Kier molecular flexibility index (Phi) is 8.35. The predicted molar refractivity (Wildman–Crippen MR) is 153 cm³/mol. The van der Waals surface area contributed by atoms with Gasteiger partial charge in [0.25, 0.3) is 0 Å². The molecule has 4 aliphatic rings. The van der Waals surface area contributed by atoms with Gasteiger partial charge in [0.15, 0.2) is 0 Å². The van der Waals surface area contributed by atoms with Crippen molar-refractivity contribution in [3.63, 3.8) is 0 Å². The van der Waals surface area contributed by atoms with Crippen molar-refractivity contribution >= 4 is 17.9 Å². The minimum atomic E-state index is -4.50. The van der Waals surface area contributed by atoms with Crippen LogP contribution in [0.5, 0.6) is 0 Å². The SMILES string of the molecule is COC1COCCC1C[C@@H]1C[C@H]2CN(C(=O)/C=C/c3ccccc3)C[C@@]2(C(=O)N2CCc3ncc(C(F)(F)F)cc3C2)C1. The van der Waals surface area contributed by atoms with E-state index < -0.39 is 17.2 Å². The highest BCUT2D eigenvalue weighted by Crippen LogP contribution is 2.54. The molecule has 230 valence electrons. The molecule has 10 heteroatoms. The molecule has 5 atom stereocenters. The second-order valence-corrected chi connectivity index (χ2v) is 12.6. The highest BCUT2D eigenvalue weighted by Gasteiger charge is 2.59. The molecule has 2 aromatic rings. The van der Waals surface area contributed by atoms with Gasteiger partial charge < -0.3 is 19.3 Å². The van der Waals surface area contributed by atoms with Crippen LogP contribution < -0.4 is 0 Å². The zero-order chi connectivity index (χ0) is 30.2. The fraction of sp³-hybridized carbons (Fsp3) is 0.545. The minimum absolute atomic E-state index is 0.0130. The third-order valence-electron chi connectivity index (χ3n) is 9.96. The van der Waals surface area contributed by atoms with Gasteiger partial charge in [-0.25, -0.2) is 0 Å². The number of halogens is 3. The number of carbonyl (C=O) groups excluding carboxylic acids is 2. The zero-order valence-corrected chi connectivity index (χ0v) is 24.4. The van der Waals surface area contributed by atoms with Gasteiger partial charge in [0.2, 0.25) is 11.8 Å². The molecule has 7 nitrogen and oxygen atoms in total. The maximum absolute atomic E-state index is 14.5. The number of hydrogen-bond donors (Lipinski definition) is 0. The molecule has 1 aromatic carbocycles. The third-order valence-corrected chi connectivity index (χ3v) is 9.96. The smallest absolute Gasteiger partial charge is 0.379 e. The Bertz CT molecular complexity index is 1370. The van der Waals surface area contributed by atoms with Crippen LogP contribution in [0, 0.1) is 23.2 Å². The second-order valence-electron chi connectivity index (χ2n) is 12.6. The van der Waals surface area contributed by atoms with E-state index in [1.54, 1.807) is 29.1 Å². The maximum Gasteiger partial charge on any atom is 0.417 e. The number of alkyl halides is 3. The van der Waals surface area contributed by atoms with Crippen LogP contribution in [0.1, 0.15) is 48.1 Å². The van der Waals surface area contributed by atoms with E-state index in [0.29, 0.717) is 68.8 Å². The summed E-state index contributed by atoms with van der Waals surface area (Å²) < 4.78 is 51.6. The molecule has 0 bridgehead atoms. The number of hydrogen-bond acceptors (Lipinski definition) is 5. The average molecular weight is 598 g/mol. The van der Waals surface area contributed by atoms with Crippen molar-refractivity contribution in [3.8, 4) is 0 Å². The van der Waals surface area contributed by atoms with Gasteiger partial charge in [-0.2, -0.15) is 13.2 Å². The monoisotopic (exact) mass is 597 g/mol. The average Bonchev–Trinajstić information content (AvgIpc) is 3.54. The van der Waals surface area contributed by atoms with Crippen molar-refractivity contribution < 1.29 is 32.2 Å². The van der Waals surface area contributed by atoms with E-state index in [-0.39, 0.29) is 30.4 Å². The van der Waals surface area contributed by atoms with Gasteiger partial charge in [-0.05, 0) is 66.7 Å². The maximum atomic E-state index is 14.5. The van der Waals surface area contributed by atoms with Crippen molar-refractivity contribution in [2.45, 2.75) is 50.9 Å². The van der Waals surface area contributed by atoms with E-state index in [2.05, 4.69) is 4.98 Å². The first kappa shape index (κ1) is 29.8. The fourth-order valence-corrected chi connectivity index (χ4v) is 7.81. The van der Waals surface area contributed by atoms with Gasteiger partial charge in [-0.3, -0.25) is 14.6 Å². The van der Waals surface area contributed by atoms with Crippen LogP contribution >= 0.6 is 0 Å². The Balaban J connectivity index is 1.23. The van der Waals surface area contributed by atoms with Crippen LogP contribution in [-0.4, -0.2) is 72.7 Å². The number of benzene rings is 1. The summed E-state index contributed by atoms with van der Waals surface area (Å²) in [6.07, 6.45) is 3.48. The number of rotatable bonds is 6. The van der Waals surface area contributed by atoms with E-state index in [4.69, 9.17) is 9.47 Å². The van der Waals surface area contributed by atoms with E-state index >= 15 is 0 Å². The van der Waals surface area contributed by atoms with Crippen molar-refractivity contribution in [2.75, 3.05) is 40.0 Å². The number of likely N-dealkylation sites (tertiary alicyclic amines) is 1. The largest absolute Gasteiger partial charge is 0.417 e. The molecule has 0 spiro atoms. The van der Waals surface area contributed by atoms with Crippen molar-refractivity contribution in [1.82, 2.24) is 14.8 Å². The molecule has 3 aliphatic heterocycles. The lowest BCUT2D eigenvalue weighted by molar-refractivity contribution is -0.144. The number of fused-ring (bicyclic) bond motifs is 2. The first-order valence-electron chi connectivity index (χ1n) is 15.1. The molecule has 6 rings (SSSR count). The van der Waals surface area contributed by atoms with Crippen molar-refractivity contribution in [2.24, 2.45) is 23.2 Å². The van der Waals surface area contributed by atoms with Gasteiger partial charge in [0, 0.05) is 64.3 Å². The lowest BCUT2D eigenvalue weighted by atomic mass is 9.78. The summed E-state index contributed by atoms with van der Waals surface area (Å²) in [6.45, 7) is 2.57. The Hall–Kier alpha value is -3.24. The highest BCUT2D eigenvalue weighted by molar-refractivity contribution is 5.93. The summed E-state index contributed by atoms with van der Waals surface area (Å²) in [5, 5.41) is 0. The van der Waals surface area contributed by atoms with Crippen LogP contribution in [0.25, 0.3) is 6.08 Å². The van der Waals surface area contributed by atoms with E-state index in [9.17, 15) is 22.8 Å². The molecule has 0 radical (unpaired) electrons. The molecule has 4 heterocycles. The van der Waals surface area contributed by atoms with E-state index in [1.165, 1.54) is 0 Å². The quantitative estimate of drug-likeness (QED) is 0.439. The summed E-state index contributed by atoms with van der Waals surface area (Å²) in [6, 6.07) is 10.7. The van der Waals surface area contributed by atoms with Gasteiger partial charge in [0.1, 0.15) is 0 Å². The third kappa shape index (κ3) is 6.09. The Labute approximate surface area is 250 Å². The van der Waals surface area contributed by atoms with Gasteiger partial charge in [0.05, 0.1) is 23.7 Å². The highest BCUT2D eigenvalue weighted by atomic mass is 19.4. The molecule has 3 fully saturated rings. The van der Waals surface area contributed by atoms with Crippen molar-refractivity contribution in [1.29, 1.82) is 0 Å². The molecular weight excluding hydrogens is 559 g/mol. The van der Waals surface area contributed by atoms with Crippen LogP contribution in [-0.2, 0) is 38.2 Å². The summed E-state index contributed by atoms with van der Waals surface area (Å²) in [4.78, 5) is 35.4. The lowest BCUT2D eigenvalue weighted by Gasteiger charge is -2.37. The molecule has 0 N–H and O–H groups in total. The molecule has 2 saturated heterocycles. The zero-order valence-electron chi connectivity index (χ0n) is 24.4. The summed E-state index contributed by atoms with van der Waals surface area (Å²) >= 11 is 0. The van der Waals surface area contributed by atoms with Crippen LogP contribution in [0.15, 0.2) is 48.7 Å². The number of pyridine rings is 1. The number of methoxy groups -OCH3 is 1. The molecule has 1 saturated carbocycles. The van der Waals surface area contributed by atoms with Crippen LogP contribution in [0.4, 0.5) is 13.2 Å². The van der Waals surface area contributed by atoms with Gasteiger partial charge in [-0.1, -0.05) is 30.3 Å². The molecule has 2 amide bonds. The van der Waals surface area contributed by atoms with Gasteiger partial charge >= 0.3 is 6.18 Å². The summed E-state index contributed by atoms with van der Waals surface area (Å²) in [5.74, 6) is 0.438. The topological polar surface area (TPSA) is 72.0 Å². The fourth-order valence-electron chi connectivity index (χ4n) is 7.81. The Morgan fingerprint density at radius 3 is 2.79 bits per heavy atom. The summed E-state index contributed by atoms with van der Waals surface area (Å²) in [5.41, 5.74) is 0.406. The summed E-state index contributed by atoms with van der Waals surface area (Å²) in [7, 11) is 1.71. The number of nitrogens with zero attached hydrogens (tertiary/aromatic N) is 3. The molecule has 43 heavy (non-hydrogen) atoms. The van der Waals surface area contributed by atoms with Crippen molar-refractivity contribution in [3.05, 3.63) is 71.1 Å². The number of ether oxygens (including phenoxy) is 2. The van der Waals surface area contributed by atoms with Gasteiger partial charge in [-0.15, -0.1) is 0 Å². The second kappa shape index (κ2) is 12.0. The first-order chi connectivity index (χ1) is 20.7. The minimum Gasteiger partial charge on any atom is -0.379 e. The Morgan fingerprint density at radius 2 is 2.02 bits per heavy atom. The number of carbonyl (C=O) groups is 2. The molecule has 1 aromatic heterocycles. The molecule has 2 unspecified atom stereocenters. The molecular formula is C33H38F3N3O4. The standard InChI is InChI=1S/C33H38F3N3O4/c1-42-29-20-43-12-10-24(29)13-23-14-27-19-39(30(40)8-7-22-5-3-2-4-6-22)21-32(27,16-23)31(41)38-11-9-28-25(18-38)15-26(17-37-28)33(34,35)36/h2-8,15,17,23-24,27,29H,9-14,16,18-21H2,1H3/b8-7+/t23-,24?,27+,29?,32+/m1/s1. The van der Waals surface area contributed by atoms with E-state index in [1.807, 2.05) is 30.3 Å². The van der Waals surface area contributed by atoms with E-state index in [0.717, 1.165) is 37.1 Å². The first-order valence-corrected chi connectivity index (χ1v) is 15.1.